The standard InChI is InChI=1S/C14H7Cl2N3O5S/c15-6-3-8(16)7-5-11(25-10(7)4-6)14(21)18-17-13(20)9-1-2-12(24-9)19(22)23/h1-5H,(H,17,20)(H,18,21). The molecule has 25 heavy (non-hydrogen) atoms. The van der Waals surface area contributed by atoms with Crippen molar-refractivity contribution in [1.29, 1.82) is 0 Å². The van der Waals surface area contributed by atoms with Crippen LogP contribution in [0.1, 0.15) is 20.2 Å². The second-order valence-electron chi connectivity index (χ2n) is 4.71. The molecule has 2 aromatic heterocycles. The van der Waals surface area contributed by atoms with E-state index in [1.54, 1.807) is 18.2 Å². The molecule has 1 aromatic carbocycles. The fourth-order valence-corrected chi connectivity index (χ4v) is 3.65. The van der Waals surface area contributed by atoms with Crippen LogP contribution in [-0.4, -0.2) is 16.7 Å². The molecular formula is C14H7Cl2N3O5S. The van der Waals surface area contributed by atoms with Gasteiger partial charge in [0, 0.05) is 15.1 Å². The highest BCUT2D eigenvalue weighted by atomic mass is 35.5. The van der Waals surface area contributed by atoms with Crippen molar-refractivity contribution in [3.05, 3.63) is 61.1 Å². The number of carbonyl (C=O) groups excluding carboxylic acids is 2. The van der Waals surface area contributed by atoms with E-state index >= 15 is 0 Å². The van der Waals surface area contributed by atoms with E-state index in [1.165, 1.54) is 0 Å². The third kappa shape index (κ3) is 3.58. The molecule has 8 nitrogen and oxygen atoms in total. The molecule has 2 amide bonds. The van der Waals surface area contributed by atoms with Crippen molar-refractivity contribution in [2.75, 3.05) is 0 Å². The number of thiophene rings is 1. The van der Waals surface area contributed by atoms with Crippen LogP contribution in [0.4, 0.5) is 5.88 Å². The quantitative estimate of drug-likeness (QED) is 0.513. The molecule has 0 aliphatic heterocycles. The minimum atomic E-state index is -0.830. The third-order valence-corrected chi connectivity index (χ3v) is 4.67. The van der Waals surface area contributed by atoms with Crippen LogP contribution in [0, 0.1) is 10.1 Å². The summed E-state index contributed by atoms with van der Waals surface area (Å²) in [6.45, 7) is 0. The average Bonchev–Trinajstić information content (AvgIpc) is 3.19. The van der Waals surface area contributed by atoms with Gasteiger partial charge in [-0.25, -0.2) is 0 Å². The molecule has 0 saturated heterocycles. The number of nitrogens with one attached hydrogen (secondary N) is 2. The predicted molar refractivity (Wildman–Crippen MR) is 92.1 cm³/mol. The van der Waals surface area contributed by atoms with E-state index in [2.05, 4.69) is 10.9 Å². The number of halogens is 2. The van der Waals surface area contributed by atoms with Crippen molar-refractivity contribution in [2.24, 2.45) is 0 Å². The lowest BCUT2D eigenvalue weighted by Crippen LogP contribution is -2.41. The molecule has 0 aliphatic rings. The summed E-state index contributed by atoms with van der Waals surface area (Å²) in [7, 11) is 0. The number of fused-ring (bicyclic) bond motifs is 1. The summed E-state index contributed by atoms with van der Waals surface area (Å²) in [4.78, 5) is 34.0. The second kappa shape index (κ2) is 6.71. The van der Waals surface area contributed by atoms with Crippen molar-refractivity contribution in [2.45, 2.75) is 0 Å². The first kappa shape index (κ1) is 17.2. The molecule has 0 atom stereocenters. The molecule has 3 rings (SSSR count). The maximum atomic E-state index is 12.1. The Labute approximate surface area is 153 Å². The van der Waals surface area contributed by atoms with E-state index < -0.39 is 22.6 Å². The largest absolute Gasteiger partial charge is 0.433 e. The summed E-state index contributed by atoms with van der Waals surface area (Å²) in [5.41, 5.74) is 4.31. The van der Waals surface area contributed by atoms with Crippen LogP contribution < -0.4 is 10.9 Å². The SMILES string of the molecule is O=C(NNC(=O)c1cc2c(Cl)cc(Cl)cc2s1)c1ccc([N+](=O)[O-])o1. The summed E-state index contributed by atoms with van der Waals surface area (Å²) < 4.78 is 5.45. The van der Waals surface area contributed by atoms with Crippen molar-refractivity contribution >= 4 is 62.3 Å². The number of nitrogens with zero attached hydrogens (tertiary/aromatic N) is 1. The minimum Gasteiger partial charge on any atom is -0.395 e. The fraction of sp³-hybridized carbons (Fsp3) is 0. The fourth-order valence-electron chi connectivity index (χ4n) is 1.96. The molecule has 2 heterocycles. The molecule has 0 unspecified atom stereocenters. The summed E-state index contributed by atoms with van der Waals surface area (Å²) in [5, 5.41) is 12.0. The smallest absolute Gasteiger partial charge is 0.395 e. The summed E-state index contributed by atoms with van der Waals surface area (Å²) >= 11 is 13.1. The second-order valence-corrected chi connectivity index (χ2v) is 6.64. The Morgan fingerprint density at radius 2 is 1.84 bits per heavy atom. The van der Waals surface area contributed by atoms with Crippen LogP contribution in [0.3, 0.4) is 0 Å². The van der Waals surface area contributed by atoms with Crippen molar-refractivity contribution < 1.29 is 18.9 Å². The molecule has 128 valence electrons. The zero-order valence-electron chi connectivity index (χ0n) is 12.0. The molecule has 0 saturated carbocycles. The van der Waals surface area contributed by atoms with E-state index in [0.717, 1.165) is 28.2 Å². The van der Waals surface area contributed by atoms with Gasteiger partial charge in [-0.15, -0.1) is 11.3 Å². The van der Waals surface area contributed by atoms with Gasteiger partial charge in [0.2, 0.25) is 5.76 Å². The van der Waals surface area contributed by atoms with Gasteiger partial charge < -0.3 is 4.42 Å². The van der Waals surface area contributed by atoms with Crippen molar-refractivity contribution in [1.82, 2.24) is 10.9 Å². The number of amides is 2. The van der Waals surface area contributed by atoms with Gasteiger partial charge >= 0.3 is 11.8 Å². The normalized spacial score (nSPS) is 10.6. The lowest BCUT2D eigenvalue weighted by Gasteiger charge is -2.03. The maximum absolute atomic E-state index is 12.1. The minimum absolute atomic E-state index is 0.296. The lowest BCUT2D eigenvalue weighted by atomic mass is 10.2. The number of benzene rings is 1. The molecule has 0 radical (unpaired) electrons. The Balaban J connectivity index is 1.70. The molecule has 0 spiro atoms. The van der Waals surface area contributed by atoms with Crippen LogP contribution in [0.5, 0.6) is 0 Å². The van der Waals surface area contributed by atoms with Gasteiger partial charge in [-0.1, -0.05) is 23.2 Å². The number of nitro groups is 1. The molecule has 0 bridgehead atoms. The van der Waals surface area contributed by atoms with Crippen LogP contribution in [0.15, 0.2) is 34.7 Å². The maximum Gasteiger partial charge on any atom is 0.433 e. The molecule has 0 aliphatic carbocycles. The third-order valence-electron chi connectivity index (χ3n) is 3.06. The molecule has 0 fully saturated rings. The van der Waals surface area contributed by atoms with Crippen LogP contribution in [0.2, 0.25) is 10.0 Å². The number of furan rings is 1. The van der Waals surface area contributed by atoms with Crippen LogP contribution in [0.25, 0.3) is 10.1 Å². The highest BCUT2D eigenvalue weighted by Gasteiger charge is 2.18. The number of hydrogen-bond donors (Lipinski definition) is 2. The van der Waals surface area contributed by atoms with Gasteiger partial charge in [-0.3, -0.25) is 30.6 Å². The zero-order valence-corrected chi connectivity index (χ0v) is 14.4. The summed E-state index contributed by atoms with van der Waals surface area (Å²) in [5.74, 6) is -2.29. The van der Waals surface area contributed by atoms with E-state index in [0.29, 0.717) is 20.3 Å². The molecule has 3 aromatic rings. The van der Waals surface area contributed by atoms with Gasteiger partial charge in [0.25, 0.3) is 5.91 Å². The number of rotatable bonds is 3. The number of hydrazine groups is 1. The molecule has 11 heteroatoms. The zero-order chi connectivity index (χ0) is 18.1. The van der Waals surface area contributed by atoms with E-state index in [4.69, 9.17) is 27.6 Å². The first-order chi connectivity index (χ1) is 11.8. The van der Waals surface area contributed by atoms with Crippen molar-refractivity contribution in [3.8, 4) is 0 Å². The summed E-state index contributed by atoms with van der Waals surface area (Å²) in [6, 6.07) is 6.96. The Kier molecular flexibility index (Phi) is 4.62. The molecule has 2 N–H and O–H groups in total. The van der Waals surface area contributed by atoms with Gasteiger partial charge in [0.15, 0.2) is 0 Å². The topological polar surface area (TPSA) is 114 Å². The first-order valence-corrected chi connectivity index (χ1v) is 8.16. The highest BCUT2D eigenvalue weighted by molar-refractivity contribution is 7.21. The highest BCUT2D eigenvalue weighted by Crippen LogP contribution is 2.34. The van der Waals surface area contributed by atoms with Gasteiger partial charge in [-0.2, -0.15) is 0 Å². The van der Waals surface area contributed by atoms with Gasteiger partial charge in [0.1, 0.15) is 4.92 Å². The first-order valence-electron chi connectivity index (χ1n) is 6.58. The van der Waals surface area contributed by atoms with E-state index in [1.807, 2.05) is 0 Å². The van der Waals surface area contributed by atoms with E-state index in [-0.39, 0.29) is 5.76 Å². The van der Waals surface area contributed by atoms with E-state index in [9.17, 15) is 19.7 Å². The van der Waals surface area contributed by atoms with Gasteiger partial charge in [0.05, 0.1) is 16.0 Å². The number of carbonyl (C=O) groups is 2. The average molecular weight is 400 g/mol. The van der Waals surface area contributed by atoms with Crippen LogP contribution >= 0.6 is 34.5 Å². The van der Waals surface area contributed by atoms with Gasteiger partial charge in [-0.05, 0) is 24.3 Å². The Bertz CT molecular complexity index is 1010. The monoisotopic (exact) mass is 399 g/mol. The Morgan fingerprint density at radius 3 is 2.52 bits per heavy atom. The Morgan fingerprint density at radius 1 is 1.12 bits per heavy atom. The predicted octanol–water partition coefficient (Wildman–Crippen LogP) is 3.78. The lowest BCUT2D eigenvalue weighted by molar-refractivity contribution is -0.402. The molecular weight excluding hydrogens is 393 g/mol. The Hall–Kier alpha value is -2.62. The summed E-state index contributed by atoms with van der Waals surface area (Å²) in [6.07, 6.45) is 0. The number of hydrogen-bond acceptors (Lipinski definition) is 6. The van der Waals surface area contributed by atoms with Crippen molar-refractivity contribution in [3.63, 3.8) is 0 Å². The van der Waals surface area contributed by atoms with Crippen LogP contribution in [-0.2, 0) is 0 Å².